The average Bonchev–Trinajstić information content (AvgIpc) is 2.45. The Labute approximate surface area is 128 Å². The molecule has 0 saturated heterocycles. The first-order valence-electron chi connectivity index (χ1n) is 6.59. The van der Waals surface area contributed by atoms with Gasteiger partial charge in [-0.25, -0.2) is 15.8 Å². The van der Waals surface area contributed by atoms with E-state index >= 15 is 0 Å². The van der Waals surface area contributed by atoms with Gasteiger partial charge in [-0.1, -0.05) is 36.0 Å². The zero-order valence-corrected chi connectivity index (χ0v) is 12.9. The number of nitrogens with one attached hydrogen (secondary N) is 1. The smallest absolute Gasteiger partial charge is 0.238 e. The second kappa shape index (κ2) is 7.19. The van der Waals surface area contributed by atoms with Crippen molar-refractivity contribution in [3.8, 4) is 0 Å². The first-order valence-corrected chi connectivity index (χ1v) is 7.58. The van der Waals surface area contributed by atoms with Gasteiger partial charge in [-0.3, -0.25) is 10.2 Å². The van der Waals surface area contributed by atoms with Crippen LogP contribution in [0, 0.1) is 13.8 Å². The summed E-state index contributed by atoms with van der Waals surface area (Å²) >= 11 is 1.60. The number of benzene rings is 1. The number of carbonyl (C=O) groups is 1. The van der Waals surface area contributed by atoms with Crippen molar-refractivity contribution in [1.82, 2.24) is 15.4 Å². The number of aromatic nitrogens is 2. The largest absolute Gasteiger partial charge is 0.294 e. The van der Waals surface area contributed by atoms with Gasteiger partial charge in [0.15, 0.2) is 5.16 Å². The van der Waals surface area contributed by atoms with Crippen molar-refractivity contribution in [1.29, 1.82) is 0 Å². The summed E-state index contributed by atoms with van der Waals surface area (Å²) in [5, 5.41) is 0.791. The van der Waals surface area contributed by atoms with Gasteiger partial charge >= 0.3 is 0 Å². The first kappa shape index (κ1) is 15.5. The number of carbonyl (C=O) groups excluding carboxylic acids is 1. The number of amides is 1. The van der Waals surface area contributed by atoms with Crippen LogP contribution >= 0.6 is 11.8 Å². The maximum Gasteiger partial charge on any atom is 0.238 e. The molecule has 0 aliphatic carbocycles. The van der Waals surface area contributed by atoms with Crippen LogP contribution in [-0.4, -0.2) is 15.9 Å². The predicted molar refractivity (Wildman–Crippen MR) is 83.5 cm³/mol. The second-order valence-electron chi connectivity index (χ2n) is 4.78. The fraction of sp³-hybridized carbons (Fsp3) is 0.267. The molecule has 110 valence electrons. The number of rotatable bonds is 5. The highest BCUT2D eigenvalue weighted by atomic mass is 32.2. The van der Waals surface area contributed by atoms with E-state index in [1.807, 2.05) is 44.2 Å². The van der Waals surface area contributed by atoms with Crippen molar-refractivity contribution in [3.05, 3.63) is 52.8 Å². The molecule has 0 fully saturated rings. The van der Waals surface area contributed by atoms with Crippen LogP contribution in [0.3, 0.4) is 0 Å². The molecule has 21 heavy (non-hydrogen) atoms. The van der Waals surface area contributed by atoms with Gasteiger partial charge in [0, 0.05) is 17.1 Å². The average molecular weight is 302 g/mol. The molecule has 0 radical (unpaired) electrons. The van der Waals surface area contributed by atoms with E-state index in [1.54, 1.807) is 11.8 Å². The lowest BCUT2D eigenvalue weighted by molar-refractivity contribution is -0.120. The Morgan fingerprint density at radius 2 is 1.71 bits per heavy atom. The quantitative estimate of drug-likeness (QED) is 0.290. The van der Waals surface area contributed by atoms with Crippen molar-refractivity contribution in [2.24, 2.45) is 5.84 Å². The Kier molecular flexibility index (Phi) is 5.30. The van der Waals surface area contributed by atoms with Crippen molar-refractivity contribution in [3.63, 3.8) is 0 Å². The van der Waals surface area contributed by atoms with Crippen molar-refractivity contribution >= 4 is 17.7 Å². The summed E-state index contributed by atoms with van der Waals surface area (Å²) < 4.78 is 0. The standard InChI is InChI=1S/C15H18N4OS/c1-10-7-11(2)18-15(17-10)21-9-13-5-3-12(4-6-13)8-14(20)19-16/h3-7H,8-9,16H2,1-2H3,(H,19,20). The molecule has 5 nitrogen and oxygen atoms in total. The van der Waals surface area contributed by atoms with Gasteiger partial charge in [-0.2, -0.15) is 0 Å². The van der Waals surface area contributed by atoms with Crippen LogP contribution in [0.2, 0.25) is 0 Å². The van der Waals surface area contributed by atoms with E-state index in [1.165, 1.54) is 5.56 Å². The van der Waals surface area contributed by atoms with Crippen LogP contribution in [0.5, 0.6) is 0 Å². The van der Waals surface area contributed by atoms with Crippen LogP contribution in [0.15, 0.2) is 35.5 Å². The zero-order chi connectivity index (χ0) is 15.2. The third-order valence-corrected chi connectivity index (χ3v) is 3.80. The Balaban J connectivity index is 1.95. The summed E-state index contributed by atoms with van der Waals surface area (Å²) in [7, 11) is 0. The molecule has 0 aliphatic rings. The van der Waals surface area contributed by atoms with Crippen LogP contribution in [0.1, 0.15) is 22.5 Å². The molecule has 2 rings (SSSR count). The molecule has 0 aliphatic heterocycles. The summed E-state index contributed by atoms with van der Waals surface area (Å²) in [6, 6.07) is 9.85. The molecule has 1 heterocycles. The van der Waals surface area contributed by atoms with E-state index in [2.05, 4.69) is 15.4 Å². The molecule has 0 atom stereocenters. The van der Waals surface area contributed by atoms with Gasteiger partial charge in [0.2, 0.25) is 5.91 Å². The second-order valence-corrected chi connectivity index (χ2v) is 5.73. The lowest BCUT2D eigenvalue weighted by atomic mass is 10.1. The van der Waals surface area contributed by atoms with Gasteiger partial charge in [-0.15, -0.1) is 0 Å². The fourth-order valence-electron chi connectivity index (χ4n) is 1.90. The summed E-state index contributed by atoms with van der Waals surface area (Å²) in [4.78, 5) is 20.0. The molecule has 0 saturated carbocycles. The maximum atomic E-state index is 11.2. The predicted octanol–water partition coefficient (Wildman–Crippen LogP) is 1.92. The van der Waals surface area contributed by atoms with E-state index in [4.69, 9.17) is 5.84 Å². The van der Waals surface area contributed by atoms with E-state index in [0.717, 1.165) is 27.9 Å². The molecule has 0 unspecified atom stereocenters. The Morgan fingerprint density at radius 3 is 2.29 bits per heavy atom. The molecular weight excluding hydrogens is 284 g/mol. The monoisotopic (exact) mass is 302 g/mol. The number of hydrogen-bond donors (Lipinski definition) is 2. The van der Waals surface area contributed by atoms with Crippen LogP contribution in [-0.2, 0) is 17.0 Å². The van der Waals surface area contributed by atoms with E-state index < -0.39 is 0 Å². The van der Waals surface area contributed by atoms with Crippen molar-refractivity contribution in [2.45, 2.75) is 31.2 Å². The van der Waals surface area contributed by atoms with E-state index in [0.29, 0.717) is 6.42 Å². The minimum absolute atomic E-state index is 0.194. The van der Waals surface area contributed by atoms with Gasteiger partial charge in [-0.05, 0) is 31.0 Å². The molecule has 1 aromatic carbocycles. The summed E-state index contributed by atoms with van der Waals surface area (Å²) in [6.45, 7) is 3.94. The maximum absolute atomic E-state index is 11.2. The third-order valence-electron chi connectivity index (χ3n) is 2.88. The highest BCUT2D eigenvalue weighted by Gasteiger charge is 2.04. The van der Waals surface area contributed by atoms with Gasteiger partial charge in [0.1, 0.15) is 0 Å². The fourth-order valence-corrected chi connectivity index (χ4v) is 2.80. The normalized spacial score (nSPS) is 10.4. The number of hydrogen-bond acceptors (Lipinski definition) is 5. The highest BCUT2D eigenvalue weighted by Crippen LogP contribution is 2.20. The van der Waals surface area contributed by atoms with Gasteiger partial charge < -0.3 is 0 Å². The lowest BCUT2D eigenvalue weighted by Crippen LogP contribution is -2.31. The number of nitrogens with two attached hydrogens (primary N) is 1. The Morgan fingerprint density at radius 1 is 1.14 bits per heavy atom. The van der Waals surface area contributed by atoms with Crippen molar-refractivity contribution in [2.75, 3.05) is 0 Å². The third kappa shape index (κ3) is 4.84. The number of thioether (sulfide) groups is 1. The lowest BCUT2D eigenvalue weighted by Gasteiger charge is -2.05. The molecule has 0 bridgehead atoms. The first-order chi connectivity index (χ1) is 10.1. The van der Waals surface area contributed by atoms with Crippen molar-refractivity contribution < 1.29 is 4.79 Å². The number of nitrogens with zero attached hydrogens (tertiary/aromatic N) is 2. The molecule has 3 N–H and O–H groups in total. The van der Waals surface area contributed by atoms with E-state index in [-0.39, 0.29) is 5.91 Å². The topological polar surface area (TPSA) is 80.9 Å². The van der Waals surface area contributed by atoms with Crippen LogP contribution in [0.25, 0.3) is 0 Å². The summed E-state index contributed by atoms with van der Waals surface area (Å²) in [6.07, 6.45) is 0.296. The molecule has 1 aromatic heterocycles. The Bertz CT molecular complexity index is 608. The summed E-state index contributed by atoms with van der Waals surface area (Å²) in [5.41, 5.74) is 6.19. The van der Waals surface area contributed by atoms with Gasteiger partial charge in [0.05, 0.1) is 6.42 Å². The SMILES string of the molecule is Cc1cc(C)nc(SCc2ccc(CC(=O)NN)cc2)n1. The molecule has 1 amide bonds. The Hall–Kier alpha value is -1.92. The number of hydrazine groups is 1. The molecular formula is C15H18N4OS. The molecule has 6 heteroatoms. The highest BCUT2D eigenvalue weighted by molar-refractivity contribution is 7.98. The molecule has 2 aromatic rings. The van der Waals surface area contributed by atoms with Crippen LogP contribution in [0.4, 0.5) is 0 Å². The zero-order valence-electron chi connectivity index (χ0n) is 12.1. The molecule has 0 spiro atoms. The minimum Gasteiger partial charge on any atom is -0.294 e. The summed E-state index contributed by atoms with van der Waals surface area (Å²) in [5.74, 6) is 5.67. The van der Waals surface area contributed by atoms with Crippen LogP contribution < -0.4 is 11.3 Å². The van der Waals surface area contributed by atoms with E-state index in [9.17, 15) is 4.79 Å². The minimum atomic E-state index is -0.194. The van der Waals surface area contributed by atoms with Gasteiger partial charge in [0.25, 0.3) is 0 Å². The number of aryl methyl sites for hydroxylation is 2.